The van der Waals surface area contributed by atoms with Gasteiger partial charge in [0.25, 0.3) is 0 Å². The molecule has 0 spiro atoms. The number of phenolic OH excluding ortho intramolecular Hbond substituents is 1. The fourth-order valence-electron chi connectivity index (χ4n) is 2.16. The van der Waals surface area contributed by atoms with E-state index in [0.29, 0.717) is 0 Å². The molecule has 0 bridgehead atoms. The summed E-state index contributed by atoms with van der Waals surface area (Å²) in [4.78, 5) is 14.1. The number of nitrogens with zero attached hydrogens (tertiary/aromatic N) is 1. The van der Waals surface area contributed by atoms with Crippen LogP contribution in [0.3, 0.4) is 0 Å². The molecule has 17 heavy (non-hydrogen) atoms. The van der Waals surface area contributed by atoms with Crippen LogP contribution in [-0.2, 0) is 7.05 Å². The van der Waals surface area contributed by atoms with Gasteiger partial charge in [-0.05, 0) is 24.3 Å². The van der Waals surface area contributed by atoms with Gasteiger partial charge in [0, 0.05) is 23.3 Å². The SMILES string of the molecule is Cn1c(C(=O)O)cc2c3cc(O)ccc3[nH]c21. The number of aromatic carboxylic acids is 1. The lowest BCUT2D eigenvalue weighted by molar-refractivity contribution is 0.0687. The van der Waals surface area contributed by atoms with Gasteiger partial charge in [-0.2, -0.15) is 0 Å². The molecule has 86 valence electrons. The number of carboxylic acid groups (broad SMARTS) is 1. The van der Waals surface area contributed by atoms with Crippen molar-refractivity contribution in [3.05, 3.63) is 30.0 Å². The number of H-pyrrole nitrogens is 1. The first-order chi connectivity index (χ1) is 8.08. The Hall–Kier alpha value is -2.43. The van der Waals surface area contributed by atoms with Crippen LogP contribution in [0.5, 0.6) is 5.75 Å². The molecule has 0 atom stereocenters. The zero-order valence-corrected chi connectivity index (χ0v) is 9.06. The minimum atomic E-state index is -0.967. The van der Waals surface area contributed by atoms with Gasteiger partial charge < -0.3 is 19.8 Å². The Morgan fingerprint density at radius 1 is 1.29 bits per heavy atom. The van der Waals surface area contributed by atoms with Gasteiger partial charge in [-0.1, -0.05) is 0 Å². The van der Waals surface area contributed by atoms with Crippen molar-refractivity contribution >= 4 is 27.9 Å². The van der Waals surface area contributed by atoms with E-state index in [-0.39, 0.29) is 11.4 Å². The van der Waals surface area contributed by atoms with Crippen LogP contribution in [0.2, 0.25) is 0 Å². The lowest BCUT2D eigenvalue weighted by Crippen LogP contribution is -2.03. The standard InChI is InChI=1S/C12H10N2O3/c1-14-10(12(16)17)5-8-7-4-6(15)2-3-9(7)13-11(8)14/h2-5,13,15H,1H3,(H,16,17). The van der Waals surface area contributed by atoms with Gasteiger partial charge in [0.05, 0.1) is 0 Å². The number of benzene rings is 1. The first-order valence-corrected chi connectivity index (χ1v) is 5.11. The van der Waals surface area contributed by atoms with Gasteiger partial charge in [-0.15, -0.1) is 0 Å². The van der Waals surface area contributed by atoms with Crippen LogP contribution >= 0.6 is 0 Å². The number of fused-ring (bicyclic) bond motifs is 3. The highest BCUT2D eigenvalue weighted by atomic mass is 16.4. The molecular formula is C12H10N2O3. The summed E-state index contributed by atoms with van der Waals surface area (Å²) in [5, 5.41) is 20.1. The first kappa shape index (κ1) is 9.77. The van der Waals surface area contributed by atoms with Gasteiger partial charge >= 0.3 is 5.97 Å². The Kier molecular flexibility index (Phi) is 1.75. The third-order valence-electron chi connectivity index (χ3n) is 3.00. The summed E-state index contributed by atoms with van der Waals surface area (Å²) >= 11 is 0. The quantitative estimate of drug-likeness (QED) is 0.598. The van der Waals surface area contributed by atoms with E-state index in [1.807, 2.05) is 0 Å². The van der Waals surface area contributed by atoms with Crippen LogP contribution in [-0.4, -0.2) is 25.7 Å². The maximum atomic E-state index is 11.0. The summed E-state index contributed by atoms with van der Waals surface area (Å²) in [6.45, 7) is 0. The minimum Gasteiger partial charge on any atom is -0.508 e. The molecule has 1 aromatic carbocycles. The molecule has 0 saturated heterocycles. The van der Waals surface area contributed by atoms with E-state index in [4.69, 9.17) is 5.11 Å². The van der Waals surface area contributed by atoms with Crippen LogP contribution in [0.4, 0.5) is 0 Å². The molecule has 0 aliphatic heterocycles. The van der Waals surface area contributed by atoms with E-state index < -0.39 is 5.97 Å². The number of rotatable bonds is 1. The molecule has 2 heterocycles. The Morgan fingerprint density at radius 2 is 2.06 bits per heavy atom. The largest absolute Gasteiger partial charge is 0.508 e. The number of phenols is 1. The van der Waals surface area contributed by atoms with Crippen molar-refractivity contribution < 1.29 is 15.0 Å². The average molecular weight is 230 g/mol. The summed E-state index contributed by atoms with van der Waals surface area (Å²) in [6, 6.07) is 6.59. The summed E-state index contributed by atoms with van der Waals surface area (Å²) in [7, 11) is 1.70. The summed E-state index contributed by atoms with van der Waals surface area (Å²) in [5.74, 6) is -0.801. The first-order valence-electron chi connectivity index (χ1n) is 5.11. The number of aromatic nitrogens is 2. The van der Waals surface area contributed by atoms with Crippen LogP contribution in [0.1, 0.15) is 10.5 Å². The highest BCUT2D eigenvalue weighted by Crippen LogP contribution is 2.30. The van der Waals surface area contributed by atoms with Crippen molar-refractivity contribution in [2.75, 3.05) is 0 Å². The van der Waals surface area contributed by atoms with Crippen LogP contribution in [0.15, 0.2) is 24.3 Å². The topological polar surface area (TPSA) is 78.2 Å². The Balaban J connectivity index is 2.47. The highest BCUT2D eigenvalue weighted by molar-refractivity contribution is 6.09. The maximum Gasteiger partial charge on any atom is 0.352 e. The molecule has 3 N–H and O–H groups in total. The number of aryl methyl sites for hydroxylation is 1. The predicted octanol–water partition coefficient (Wildman–Crippen LogP) is 2.06. The van der Waals surface area contributed by atoms with E-state index in [2.05, 4.69) is 4.98 Å². The number of carboxylic acids is 1. The van der Waals surface area contributed by atoms with E-state index in [9.17, 15) is 9.90 Å². The fourth-order valence-corrected chi connectivity index (χ4v) is 2.16. The van der Waals surface area contributed by atoms with Crippen molar-refractivity contribution in [3.8, 4) is 5.75 Å². The molecule has 0 aliphatic carbocycles. The number of hydrogen-bond acceptors (Lipinski definition) is 2. The van der Waals surface area contributed by atoms with Gasteiger partial charge in [-0.25, -0.2) is 4.79 Å². The number of aromatic hydroxyl groups is 1. The maximum absolute atomic E-state index is 11.0. The third kappa shape index (κ3) is 1.22. The van der Waals surface area contributed by atoms with E-state index in [0.717, 1.165) is 21.9 Å². The molecule has 2 aromatic heterocycles. The van der Waals surface area contributed by atoms with Gasteiger partial charge in [-0.3, -0.25) is 0 Å². The van der Waals surface area contributed by atoms with Crippen molar-refractivity contribution in [3.63, 3.8) is 0 Å². The zero-order chi connectivity index (χ0) is 12.2. The van der Waals surface area contributed by atoms with Crippen molar-refractivity contribution in [2.45, 2.75) is 0 Å². The van der Waals surface area contributed by atoms with Gasteiger partial charge in [0.2, 0.25) is 0 Å². The van der Waals surface area contributed by atoms with Gasteiger partial charge in [0.1, 0.15) is 17.1 Å². The van der Waals surface area contributed by atoms with Crippen molar-refractivity contribution in [1.82, 2.24) is 9.55 Å². The Bertz CT molecular complexity index is 752. The molecule has 0 unspecified atom stereocenters. The van der Waals surface area contributed by atoms with Gasteiger partial charge in [0.15, 0.2) is 0 Å². The number of hydrogen-bond donors (Lipinski definition) is 3. The summed E-state index contributed by atoms with van der Waals surface area (Å²) < 4.78 is 1.59. The highest BCUT2D eigenvalue weighted by Gasteiger charge is 2.15. The molecular weight excluding hydrogens is 220 g/mol. The molecule has 0 aliphatic rings. The number of nitrogens with one attached hydrogen (secondary N) is 1. The molecule has 0 saturated carbocycles. The second-order valence-electron chi connectivity index (χ2n) is 4.01. The number of carbonyl (C=O) groups is 1. The predicted molar refractivity (Wildman–Crippen MR) is 63.4 cm³/mol. The summed E-state index contributed by atoms with van der Waals surface area (Å²) in [6.07, 6.45) is 0. The van der Waals surface area contributed by atoms with Crippen molar-refractivity contribution in [2.24, 2.45) is 7.05 Å². The lowest BCUT2D eigenvalue weighted by Gasteiger charge is -1.97. The number of aromatic amines is 1. The second kappa shape index (κ2) is 3.04. The molecule has 3 rings (SSSR count). The fraction of sp³-hybridized carbons (Fsp3) is 0.0833. The molecule has 5 heteroatoms. The van der Waals surface area contributed by atoms with E-state index in [1.54, 1.807) is 35.9 Å². The molecule has 5 nitrogen and oxygen atoms in total. The third-order valence-corrected chi connectivity index (χ3v) is 3.00. The summed E-state index contributed by atoms with van der Waals surface area (Å²) in [5.41, 5.74) is 1.83. The molecule has 0 fully saturated rings. The van der Waals surface area contributed by atoms with Crippen LogP contribution < -0.4 is 0 Å². The zero-order valence-electron chi connectivity index (χ0n) is 9.06. The second-order valence-corrected chi connectivity index (χ2v) is 4.01. The monoisotopic (exact) mass is 230 g/mol. The minimum absolute atomic E-state index is 0.166. The average Bonchev–Trinajstić information content (AvgIpc) is 2.77. The Labute approximate surface area is 95.9 Å². The van der Waals surface area contributed by atoms with Crippen molar-refractivity contribution in [1.29, 1.82) is 0 Å². The van der Waals surface area contributed by atoms with E-state index in [1.165, 1.54) is 0 Å². The molecule has 3 aromatic rings. The van der Waals surface area contributed by atoms with E-state index >= 15 is 0 Å². The lowest BCUT2D eigenvalue weighted by atomic mass is 10.2. The smallest absolute Gasteiger partial charge is 0.352 e. The molecule has 0 amide bonds. The normalized spacial score (nSPS) is 11.4. The molecule has 0 radical (unpaired) electrons. The van der Waals surface area contributed by atoms with Crippen LogP contribution in [0.25, 0.3) is 21.9 Å². The Morgan fingerprint density at radius 3 is 2.76 bits per heavy atom. The van der Waals surface area contributed by atoms with Crippen LogP contribution in [0, 0.1) is 0 Å².